The van der Waals surface area contributed by atoms with E-state index in [4.69, 9.17) is 16.3 Å². The number of nitrogens with zero attached hydrogens (tertiary/aromatic N) is 2. The first-order valence-corrected chi connectivity index (χ1v) is 6.86. The van der Waals surface area contributed by atoms with Crippen molar-refractivity contribution in [2.75, 3.05) is 6.61 Å². The number of aryl methyl sites for hydroxylation is 1. The summed E-state index contributed by atoms with van der Waals surface area (Å²) in [5.74, 6) is -1.12. The molecule has 1 aromatic heterocycles. The molecular formula is C14H12ClF3N2O3. The highest BCUT2D eigenvalue weighted by Crippen LogP contribution is 2.36. The van der Waals surface area contributed by atoms with Crippen LogP contribution in [0.15, 0.2) is 24.3 Å². The second-order valence-electron chi connectivity index (χ2n) is 4.45. The van der Waals surface area contributed by atoms with Crippen molar-refractivity contribution >= 4 is 17.6 Å². The van der Waals surface area contributed by atoms with Gasteiger partial charge in [0, 0.05) is 17.6 Å². The molecule has 9 heteroatoms. The van der Waals surface area contributed by atoms with E-state index in [0.717, 1.165) is 6.07 Å². The summed E-state index contributed by atoms with van der Waals surface area (Å²) in [6.07, 6.45) is -4.86. The minimum Gasteiger partial charge on any atom is -0.461 e. The monoisotopic (exact) mass is 348 g/mol. The highest BCUT2D eigenvalue weighted by molar-refractivity contribution is 6.31. The fourth-order valence-corrected chi connectivity index (χ4v) is 2.11. The maximum absolute atomic E-state index is 12.5. The van der Waals surface area contributed by atoms with Crippen LogP contribution in [-0.4, -0.2) is 28.7 Å². The Balaban J connectivity index is 2.49. The third kappa shape index (κ3) is 4.16. The van der Waals surface area contributed by atoms with Gasteiger partial charge in [-0.25, -0.2) is 4.79 Å². The molecule has 0 fully saturated rings. The highest BCUT2D eigenvalue weighted by Gasteiger charge is 2.32. The van der Waals surface area contributed by atoms with Crippen molar-refractivity contribution in [3.8, 4) is 17.0 Å². The molecular weight excluding hydrogens is 337 g/mol. The number of carbonyl (C=O) groups is 1. The van der Waals surface area contributed by atoms with E-state index in [1.54, 1.807) is 6.92 Å². The van der Waals surface area contributed by atoms with E-state index in [0.29, 0.717) is 0 Å². The summed E-state index contributed by atoms with van der Waals surface area (Å²) >= 11 is 5.85. The van der Waals surface area contributed by atoms with E-state index in [1.165, 1.54) is 29.9 Å². The molecule has 0 amide bonds. The van der Waals surface area contributed by atoms with Gasteiger partial charge in [-0.05, 0) is 31.2 Å². The molecule has 0 aliphatic rings. The molecule has 0 aliphatic carbocycles. The average Bonchev–Trinajstić information content (AvgIpc) is 2.82. The Bertz CT molecular complexity index is 729. The first-order valence-electron chi connectivity index (χ1n) is 6.48. The largest absolute Gasteiger partial charge is 0.573 e. The van der Waals surface area contributed by atoms with Crippen molar-refractivity contribution in [2.24, 2.45) is 7.05 Å². The predicted molar refractivity (Wildman–Crippen MR) is 76.3 cm³/mol. The average molecular weight is 349 g/mol. The Labute approximate surface area is 134 Å². The van der Waals surface area contributed by atoms with Crippen molar-refractivity contribution in [3.05, 3.63) is 35.0 Å². The standard InChI is InChI=1S/C14H12ClF3N2O3/c1-3-22-13(21)10-7-11(20(2)19-10)9-6-8(15)4-5-12(9)23-14(16,17)18/h4-7H,3H2,1-2H3. The third-order valence-corrected chi connectivity index (χ3v) is 3.04. The lowest BCUT2D eigenvalue weighted by Crippen LogP contribution is -2.17. The van der Waals surface area contributed by atoms with Gasteiger partial charge in [-0.3, -0.25) is 4.68 Å². The summed E-state index contributed by atoms with van der Waals surface area (Å²) in [5, 5.41) is 4.15. The Kier molecular flexibility index (Phi) is 4.84. The number of aromatic nitrogens is 2. The molecule has 0 saturated heterocycles. The van der Waals surface area contributed by atoms with Gasteiger partial charge >= 0.3 is 12.3 Å². The molecule has 2 aromatic rings. The lowest BCUT2D eigenvalue weighted by molar-refractivity contribution is -0.274. The summed E-state index contributed by atoms with van der Waals surface area (Å²) in [6, 6.07) is 4.98. The second-order valence-corrected chi connectivity index (χ2v) is 4.88. The molecule has 0 N–H and O–H groups in total. The summed E-state index contributed by atoms with van der Waals surface area (Å²) < 4.78 is 47.6. The van der Waals surface area contributed by atoms with Crippen LogP contribution in [0.2, 0.25) is 5.02 Å². The normalized spacial score (nSPS) is 11.4. The quantitative estimate of drug-likeness (QED) is 0.788. The molecule has 0 bridgehead atoms. The maximum Gasteiger partial charge on any atom is 0.573 e. The summed E-state index contributed by atoms with van der Waals surface area (Å²) in [7, 11) is 1.48. The van der Waals surface area contributed by atoms with Crippen LogP contribution < -0.4 is 4.74 Å². The summed E-state index contributed by atoms with van der Waals surface area (Å²) in [4.78, 5) is 11.7. The maximum atomic E-state index is 12.5. The van der Waals surface area contributed by atoms with Gasteiger partial charge in [0.05, 0.1) is 12.3 Å². The number of esters is 1. The number of hydrogen-bond donors (Lipinski definition) is 0. The lowest BCUT2D eigenvalue weighted by Gasteiger charge is -2.13. The van der Waals surface area contributed by atoms with E-state index in [-0.39, 0.29) is 28.6 Å². The van der Waals surface area contributed by atoms with Gasteiger partial charge in [0.15, 0.2) is 5.69 Å². The second kappa shape index (κ2) is 6.49. The van der Waals surface area contributed by atoms with Crippen molar-refractivity contribution in [1.82, 2.24) is 9.78 Å². The highest BCUT2D eigenvalue weighted by atomic mass is 35.5. The minimum absolute atomic E-state index is 0.0257. The number of ether oxygens (including phenoxy) is 2. The van der Waals surface area contributed by atoms with Crippen LogP contribution in [0, 0.1) is 0 Å². The first kappa shape index (κ1) is 17.1. The zero-order valence-electron chi connectivity index (χ0n) is 12.1. The fourth-order valence-electron chi connectivity index (χ4n) is 1.94. The van der Waals surface area contributed by atoms with E-state index in [1.807, 2.05) is 0 Å². The van der Waals surface area contributed by atoms with E-state index in [9.17, 15) is 18.0 Å². The Hall–Kier alpha value is -2.22. The summed E-state index contributed by atoms with van der Waals surface area (Å²) in [6.45, 7) is 1.79. The number of halogens is 4. The van der Waals surface area contributed by atoms with Gasteiger partial charge in [0.1, 0.15) is 5.75 Å². The zero-order chi connectivity index (χ0) is 17.2. The topological polar surface area (TPSA) is 53.4 Å². The number of carbonyl (C=O) groups excluding carboxylic acids is 1. The van der Waals surface area contributed by atoms with Gasteiger partial charge in [0.2, 0.25) is 0 Å². The van der Waals surface area contributed by atoms with Crippen LogP contribution in [0.3, 0.4) is 0 Å². The van der Waals surface area contributed by atoms with Gasteiger partial charge in [-0.1, -0.05) is 11.6 Å². The lowest BCUT2D eigenvalue weighted by atomic mass is 10.1. The molecule has 0 aliphatic heterocycles. The van der Waals surface area contributed by atoms with Gasteiger partial charge in [0.25, 0.3) is 0 Å². The van der Waals surface area contributed by atoms with Crippen LogP contribution in [-0.2, 0) is 11.8 Å². The molecule has 1 aromatic carbocycles. The molecule has 124 valence electrons. The first-order chi connectivity index (χ1) is 10.7. The van der Waals surface area contributed by atoms with Gasteiger partial charge < -0.3 is 9.47 Å². The number of benzene rings is 1. The van der Waals surface area contributed by atoms with Crippen LogP contribution in [0.5, 0.6) is 5.75 Å². The molecule has 0 radical (unpaired) electrons. The molecule has 0 saturated carbocycles. The van der Waals surface area contributed by atoms with Gasteiger partial charge in [-0.2, -0.15) is 5.10 Å². The summed E-state index contributed by atoms with van der Waals surface area (Å²) in [5.41, 5.74) is 0.262. The third-order valence-electron chi connectivity index (χ3n) is 2.81. The van der Waals surface area contributed by atoms with Crippen molar-refractivity contribution in [2.45, 2.75) is 13.3 Å². The zero-order valence-corrected chi connectivity index (χ0v) is 12.9. The Morgan fingerprint density at radius 2 is 2.04 bits per heavy atom. The molecule has 23 heavy (non-hydrogen) atoms. The van der Waals surface area contributed by atoms with Crippen molar-refractivity contribution in [3.63, 3.8) is 0 Å². The molecule has 0 atom stereocenters. The smallest absolute Gasteiger partial charge is 0.461 e. The van der Waals surface area contributed by atoms with Crippen LogP contribution >= 0.6 is 11.6 Å². The number of alkyl halides is 3. The van der Waals surface area contributed by atoms with E-state index < -0.39 is 18.1 Å². The molecule has 0 spiro atoms. The van der Waals surface area contributed by atoms with E-state index in [2.05, 4.69) is 9.84 Å². The van der Waals surface area contributed by atoms with Crippen LogP contribution in [0.1, 0.15) is 17.4 Å². The van der Waals surface area contributed by atoms with Crippen LogP contribution in [0.4, 0.5) is 13.2 Å². The fraction of sp³-hybridized carbons (Fsp3) is 0.286. The van der Waals surface area contributed by atoms with Crippen LogP contribution in [0.25, 0.3) is 11.3 Å². The number of rotatable bonds is 4. The molecule has 0 unspecified atom stereocenters. The van der Waals surface area contributed by atoms with E-state index >= 15 is 0 Å². The van der Waals surface area contributed by atoms with Gasteiger partial charge in [-0.15, -0.1) is 13.2 Å². The predicted octanol–water partition coefficient (Wildman–Crippen LogP) is 3.82. The minimum atomic E-state index is -4.86. The number of hydrogen-bond acceptors (Lipinski definition) is 4. The molecule has 5 nitrogen and oxygen atoms in total. The van der Waals surface area contributed by atoms with Crippen molar-refractivity contribution in [1.29, 1.82) is 0 Å². The SMILES string of the molecule is CCOC(=O)c1cc(-c2cc(Cl)ccc2OC(F)(F)F)n(C)n1. The Morgan fingerprint density at radius 3 is 2.65 bits per heavy atom. The molecule has 1 heterocycles. The Morgan fingerprint density at radius 1 is 1.35 bits per heavy atom. The molecule has 2 rings (SSSR count). The van der Waals surface area contributed by atoms with Crippen molar-refractivity contribution < 1.29 is 27.4 Å².